The van der Waals surface area contributed by atoms with Crippen LogP contribution in [0.15, 0.2) is 61.1 Å². The number of aromatic nitrogens is 3. The molecular weight excluding hydrogens is 441 g/mol. The molecule has 0 aliphatic carbocycles. The van der Waals surface area contributed by atoms with Crippen molar-refractivity contribution < 1.29 is 32.6 Å². The maximum Gasteiger partial charge on any atom is 0.490 e. The van der Waals surface area contributed by atoms with Crippen molar-refractivity contribution in [1.29, 1.82) is 0 Å². The average molecular weight is 460 g/mol. The van der Waals surface area contributed by atoms with Gasteiger partial charge in [-0.15, -0.1) is 0 Å². The Morgan fingerprint density at radius 3 is 2.48 bits per heavy atom. The fourth-order valence-corrected chi connectivity index (χ4v) is 3.02. The number of nitrogens with zero attached hydrogens (tertiary/aromatic N) is 1. The number of para-hydroxylation sites is 1. The second-order valence-electron chi connectivity index (χ2n) is 6.75. The summed E-state index contributed by atoms with van der Waals surface area (Å²) in [6.45, 7) is 0.405. The van der Waals surface area contributed by atoms with Crippen molar-refractivity contribution in [3.05, 3.63) is 72.2 Å². The number of fused-ring (bicyclic) bond motifs is 1. The van der Waals surface area contributed by atoms with Gasteiger partial charge >= 0.3 is 12.1 Å². The summed E-state index contributed by atoms with van der Waals surface area (Å²) in [5, 5.41) is 17.7. The molecule has 8 nitrogen and oxygen atoms in total. The Morgan fingerprint density at radius 2 is 1.85 bits per heavy atom. The van der Waals surface area contributed by atoms with Gasteiger partial charge in [0, 0.05) is 41.0 Å². The molecule has 0 fully saturated rings. The van der Waals surface area contributed by atoms with Crippen molar-refractivity contribution in [3.63, 3.8) is 0 Å². The minimum absolute atomic E-state index is 0.127. The number of alkyl halides is 3. The Morgan fingerprint density at radius 1 is 1.12 bits per heavy atom. The number of rotatable bonds is 5. The zero-order chi connectivity index (χ0) is 24.0. The first-order valence-electron chi connectivity index (χ1n) is 9.51. The Balaban J connectivity index is 0.000000383. The summed E-state index contributed by atoms with van der Waals surface area (Å²) in [7, 11) is 1.62. The maximum absolute atomic E-state index is 12.6. The summed E-state index contributed by atoms with van der Waals surface area (Å²) >= 11 is 0. The van der Waals surface area contributed by atoms with Gasteiger partial charge in [0.2, 0.25) is 0 Å². The molecule has 172 valence electrons. The van der Waals surface area contributed by atoms with Crippen LogP contribution in [0.5, 0.6) is 5.75 Å². The number of carbonyl (C=O) groups excluding carboxylic acids is 1. The van der Waals surface area contributed by atoms with Crippen LogP contribution in [-0.4, -0.2) is 45.5 Å². The van der Waals surface area contributed by atoms with Crippen LogP contribution in [0.2, 0.25) is 0 Å². The molecule has 0 aliphatic rings. The van der Waals surface area contributed by atoms with Gasteiger partial charge in [0.1, 0.15) is 5.75 Å². The molecule has 4 aromatic rings. The highest BCUT2D eigenvalue weighted by Crippen LogP contribution is 2.25. The molecule has 0 unspecified atom stereocenters. The van der Waals surface area contributed by atoms with E-state index in [2.05, 4.69) is 20.5 Å². The summed E-state index contributed by atoms with van der Waals surface area (Å²) in [6, 6.07) is 13.6. The lowest BCUT2D eigenvalue weighted by Gasteiger charge is -2.09. The van der Waals surface area contributed by atoms with Crippen LogP contribution >= 0.6 is 0 Å². The predicted octanol–water partition coefficient (Wildman–Crippen LogP) is 4.13. The number of nitrogens with one attached hydrogen (secondary N) is 3. The van der Waals surface area contributed by atoms with Crippen molar-refractivity contribution in [3.8, 4) is 16.9 Å². The Hall–Kier alpha value is -4.28. The van der Waals surface area contributed by atoms with E-state index in [1.54, 1.807) is 19.5 Å². The molecular formula is C22H19F3N4O4. The lowest BCUT2D eigenvalue weighted by Crippen LogP contribution is -2.22. The fourth-order valence-electron chi connectivity index (χ4n) is 3.02. The third-order valence-electron chi connectivity index (χ3n) is 4.63. The average Bonchev–Trinajstić information content (AvgIpc) is 3.47. The largest absolute Gasteiger partial charge is 0.496 e. The second-order valence-corrected chi connectivity index (χ2v) is 6.75. The molecule has 0 saturated carbocycles. The van der Waals surface area contributed by atoms with Crippen LogP contribution in [0.25, 0.3) is 22.0 Å². The summed E-state index contributed by atoms with van der Waals surface area (Å²) < 4.78 is 37.1. The van der Waals surface area contributed by atoms with Crippen LogP contribution in [0.4, 0.5) is 13.2 Å². The summed E-state index contributed by atoms with van der Waals surface area (Å²) in [4.78, 5) is 24.7. The molecule has 0 saturated heterocycles. The van der Waals surface area contributed by atoms with Gasteiger partial charge in [-0.1, -0.05) is 30.3 Å². The molecule has 0 radical (unpaired) electrons. The Labute approximate surface area is 185 Å². The van der Waals surface area contributed by atoms with E-state index in [0.29, 0.717) is 12.1 Å². The highest BCUT2D eigenvalue weighted by molar-refractivity contribution is 6.07. The first-order valence-corrected chi connectivity index (χ1v) is 9.51. The summed E-state index contributed by atoms with van der Waals surface area (Å²) in [5.74, 6) is -2.12. The minimum atomic E-state index is -5.08. The molecule has 0 atom stereocenters. The number of carbonyl (C=O) groups is 2. The second kappa shape index (κ2) is 9.90. The normalized spacial score (nSPS) is 10.9. The van der Waals surface area contributed by atoms with Gasteiger partial charge in [0.05, 0.1) is 18.9 Å². The number of hydrogen-bond donors (Lipinski definition) is 4. The van der Waals surface area contributed by atoms with Crippen molar-refractivity contribution in [2.45, 2.75) is 12.7 Å². The number of H-pyrrole nitrogens is 2. The van der Waals surface area contributed by atoms with Crippen LogP contribution in [-0.2, 0) is 11.3 Å². The predicted molar refractivity (Wildman–Crippen MR) is 114 cm³/mol. The molecule has 11 heteroatoms. The fraction of sp³-hybridized carbons (Fsp3) is 0.136. The quantitative estimate of drug-likeness (QED) is 0.357. The first-order chi connectivity index (χ1) is 15.7. The smallest absolute Gasteiger partial charge is 0.490 e. The SMILES string of the molecule is COc1ccccc1CNC(=O)c1c[nH]c2cc(-c3cn[nH]c3)ccc12.O=C(O)C(F)(F)F. The number of aliphatic carboxylic acids is 1. The van der Waals surface area contributed by atoms with Crippen molar-refractivity contribution in [2.24, 2.45) is 0 Å². The van der Waals surface area contributed by atoms with Gasteiger partial charge in [-0.2, -0.15) is 18.3 Å². The topological polar surface area (TPSA) is 120 Å². The van der Waals surface area contributed by atoms with Crippen molar-refractivity contribution in [1.82, 2.24) is 20.5 Å². The van der Waals surface area contributed by atoms with Gasteiger partial charge in [-0.3, -0.25) is 9.89 Å². The van der Waals surface area contributed by atoms with Gasteiger partial charge < -0.3 is 20.1 Å². The summed E-state index contributed by atoms with van der Waals surface area (Å²) in [5.41, 5.74) is 4.50. The molecule has 2 aromatic carbocycles. The van der Waals surface area contributed by atoms with Crippen LogP contribution < -0.4 is 10.1 Å². The maximum atomic E-state index is 12.6. The number of methoxy groups -OCH3 is 1. The molecule has 33 heavy (non-hydrogen) atoms. The number of benzene rings is 2. The number of hydrogen-bond acceptors (Lipinski definition) is 4. The van der Waals surface area contributed by atoms with E-state index in [4.69, 9.17) is 14.6 Å². The number of aromatic amines is 2. The van der Waals surface area contributed by atoms with Crippen molar-refractivity contribution >= 4 is 22.8 Å². The van der Waals surface area contributed by atoms with E-state index < -0.39 is 12.1 Å². The Bertz CT molecular complexity index is 1250. The monoisotopic (exact) mass is 460 g/mol. The van der Waals surface area contributed by atoms with E-state index in [9.17, 15) is 18.0 Å². The van der Waals surface area contributed by atoms with Crippen LogP contribution in [0.3, 0.4) is 0 Å². The van der Waals surface area contributed by atoms with Crippen molar-refractivity contribution in [2.75, 3.05) is 7.11 Å². The number of carboxylic acids is 1. The Kier molecular flexibility index (Phi) is 7.01. The molecule has 4 N–H and O–H groups in total. The number of carboxylic acid groups (broad SMARTS) is 1. The van der Waals surface area contributed by atoms with Gasteiger partial charge in [-0.25, -0.2) is 4.79 Å². The molecule has 2 aromatic heterocycles. The molecule has 1 amide bonds. The van der Waals surface area contributed by atoms with E-state index in [1.165, 1.54) is 0 Å². The number of amides is 1. The van der Waals surface area contributed by atoms with E-state index in [1.807, 2.05) is 48.7 Å². The van der Waals surface area contributed by atoms with E-state index >= 15 is 0 Å². The van der Waals surface area contributed by atoms with Gasteiger partial charge in [0.25, 0.3) is 5.91 Å². The highest BCUT2D eigenvalue weighted by atomic mass is 19.4. The molecule has 0 spiro atoms. The highest BCUT2D eigenvalue weighted by Gasteiger charge is 2.38. The first kappa shape index (κ1) is 23.4. The lowest BCUT2D eigenvalue weighted by atomic mass is 10.1. The van der Waals surface area contributed by atoms with Crippen LogP contribution in [0, 0.1) is 0 Å². The third-order valence-corrected chi connectivity index (χ3v) is 4.63. The standard InChI is InChI=1S/C20H18N4O2.C2HF3O2/c1-26-19-5-3-2-4-14(19)9-22-20(25)17-12-21-18-8-13(6-7-16(17)18)15-10-23-24-11-15;3-2(4,5)1(6)7/h2-8,10-12,21H,9H2,1H3,(H,22,25)(H,23,24);(H,6,7). The molecule has 0 aliphatic heterocycles. The minimum Gasteiger partial charge on any atom is -0.496 e. The lowest BCUT2D eigenvalue weighted by molar-refractivity contribution is -0.192. The van der Waals surface area contributed by atoms with Crippen LogP contribution in [0.1, 0.15) is 15.9 Å². The number of halogens is 3. The third kappa shape index (κ3) is 5.70. The zero-order valence-corrected chi connectivity index (χ0v) is 17.2. The molecule has 4 rings (SSSR count). The zero-order valence-electron chi connectivity index (χ0n) is 17.2. The van der Waals surface area contributed by atoms with Gasteiger partial charge in [0.15, 0.2) is 0 Å². The number of ether oxygens (including phenoxy) is 1. The summed E-state index contributed by atoms with van der Waals surface area (Å²) in [6.07, 6.45) is 0.261. The van der Waals surface area contributed by atoms with E-state index in [0.717, 1.165) is 33.3 Å². The van der Waals surface area contributed by atoms with Gasteiger partial charge in [-0.05, 0) is 17.7 Å². The molecule has 0 bridgehead atoms. The molecule has 2 heterocycles. The van der Waals surface area contributed by atoms with E-state index in [-0.39, 0.29) is 5.91 Å².